The monoisotopic (exact) mass is 623 g/mol. The molecule has 0 unspecified atom stereocenters. The minimum atomic E-state index is -0.164. The van der Waals surface area contributed by atoms with Gasteiger partial charge in [-0.1, -0.05) is 42.5 Å². The number of amides is 2. The fourth-order valence-corrected chi connectivity index (χ4v) is 5.93. The highest BCUT2D eigenvalue weighted by Crippen LogP contribution is 2.31. The zero-order valence-electron chi connectivity index (χ0n) is 25.9. The van der Waals surface area contributed by atoms with Crippen molar-refractivity contribution in [1.82, 2.24) is 24.8 Å². The second kappa shape index (κ2) is 13.8. The molecule has 1 saturated carbocycles. The van der Waals surface area contributed by atoms with Gasteiger partial charge in [-0.15, -0.1) is 0 Å². The molecule has 0 aliphatic heterocycles. The van der Waals surface area contributed by atoms with Gasteiger partial charge in [-0.2, -0.15) is 10.5 Å². The first-order valence-corrected chi connectivity index (χ1v) is 15.4. The van der Waals surface area contributed by atoms with Gasteiger partial charge in [0.25, 0.3) is 0 Å². The molecule has 11 heteroatoms. The third-order valence-electron chi connectivity index (χ3n) is 8.44. The van der Waals surface area contributed by atoms with Gasteiger partial charge in [0.05, 0.1) is 17.5 Å². The standard InChI is InChI=1S/C36H33N9O2/c1-44-23-26(9-18-33(44)46)25-7-13-30(14-8-25)45(36(47)40-21-24-5-3-2-4-6-24)31-15-10-28(11-16-31)42-35-39-22-27(19-37)34(43-35)32-17-12-29(20-38)41-32/h2-9,12-14,17-18,22-23,28,31,41H,10-11,15-16,21H2,1H3,(H,40,47)(H,39,42,43). The van der Waals surface area contributed by atoms with Crippen LogP contribution in [0.1, 0.15) is 42.5 Å². The highest BCUT2D eigenvalue weighted by atomic mass is 16.2. The number of nitrogens with one attached hydrogen (secondary N) is 3. The van der Waals surface area contributed by atoms with Crippen molar-refractivity contribution >= 4 is 17.7 Å². The fourth-order valence-electron chi connectivity index (χ4n) is 5.93. The van der Waals surface area contributed by atoms with Gasteiger partial charge in [0.15, 0.2) is 0 Å². The molecule has 0 radical (unpaired) electrons. The predicted octanol–water partition coefficient (Wildman–Crippen LogP) is 5.72. The van der Waals surface area contributed by atoms with Gasteiger partial charge in [0, 0.05) is 43.6 Å². The number of pyridine rings is 1. The van der Waals surface area contributed by atoms with E-state index in [1.54, 1.807) is 42.1 Å². The number of hydrogen-bond acceptors (Lipinski definition) is 7. The van der Waals surface area contributed by atoms with Crippen molar-refractivity contribution in [3.63, 3.8) is 0 Å². The van der Waals surface area contributed by atoms with Crippen LogP contribution in [-0.4, -0.2) is 37.6 Å². The smallest absolute Gasteiger partial charge is 0.322 e. The van der Waals surface area contributed by atoms with E-state index in [0.29, 0.717) is 35.1 Å². The average molecular weight is 624 g/mol. The van der Waals surface area contributed by atoms with Gasteiger partial charge in [-0.3, -0.25) is 9.69 Å². The van der Waals surface area contributed by atoms with Crippen molar-refractivity contribution in [2.24, 2.45) is 7.05 Å². The topological polar surface area (TPSA) is 156 Å². The Morgan fingerprint density at radius 3 is 2.38 bits per heavy atom. The molecule has 0 saturated heterocycles. The Balaban J connectivity index is 1.18. The number of H-pyrrole nitrogens is 1. The summed E-state index contributed by atoms with van der Waals surface area (Å²) in [6.07, 6.45) is 6.36. The van der Waals surface area contributed by atoms with E-state index in [9.17, 15) is 20.1 Å². The number of rotatable bonds is 8. The van der Waals surface area contributed by atoms with Crippen molar-refractivity contribution in [2.75, 3.05) is 10.2 Å². The minimum absolute atomic E-state index is 0.0343. The van der Waals surface area contributed by atoms with Crippen LogP contribution in [0.15, 0.2) is 96.1 Å². The third-order valence-corrected chi connectivity index (χ3v) is 8.44. The summed E-state index contributed by atoms with van der Waals surface area (Å²) in [5, 5.41) is 25.3. The Labute approximate surface area is 272 Å². The quantitative estimate of drug-likeness (QED) is 0.200. The summed E-state index contributed by atoms with van der Waals surface area (Å²) in [7, 11) is 1.73. The molecule has 6 rings (SSSR count). The largest absolute Gasteiger partial charge is 0.351 e. The SMILES string of the molecule is Cn1cc(-c2ccc(N(C(=O)NCc3ccccc3)C3CCC(Nc4ncc(C#N)c(-c5ccc(C#N)[nH]5)n4)CC3)cc2)ccc1=O. The molecule has 3 heterocycles. The van der Waals surface area contributed by atoms with Crippen LogP contribution in [0.4, 0.5) is 16.4 Å². The first-order valence-electron chi connectivity index (χ1n) is 15.4. The van der Waals surface area contributed by atoms with E-state index in [0.717, 1.165) is 48.1 Å². The molecule has 2 amide bonds. The van der Waals surface area contributed by atoms with Crippen LogP contribution >= 0.6 is 0 Å². The van der Waals surface area contributed by atoms with Crippen LogP contribution in [0.3, 0.4) is 0 Å². The molecule has 1 fully saturated rings. The first kappa shape index (κ1) is 30.8. The van der Waals surface area contributed by atoms with E-state index < -0.39 is 0 Å². The van der Waals surface area contributed by atoms with Crippen LogP contribution in [0.2, 0.25) is 0 Å². The van der Waals surface area contributed by atoms with Crippen molar-refractivity contribution in [2.45, 2.75) is 44.3 Å². The number of benzene rings is 2. The van der Waals surface area contributed by atoms with Gasteiger partial charge in [0.1, 0.15) is 23.5 Å². The van der Waals surface area contributed by atoms with E-state index in [1.807, 2.05) is 59.5 Å². The van der Waals surface area contributed by atoms with Crippen molar-refractivity contribution in [1.29, 1.82) is 10.5 Å². The molecule has 234 valence electrons. The third kappa shape index (κ3) is 7.05. The number of nitriles is 2. The number of aromatic nitrogens is 4. The molecule has 1 aliphatic rings. The predicted molar refractivity (Wildman–Crippen MR) is 179 cm³/mol. The summed E-state index contributed by atoms with van der Waals surface area (Å²) in [4.78, 5) is 39.5. The molecule has 0 spiro atoms. The van der Waals surface area contributed by atoms with Crippen molar-refractivity contribution in [3.8, 4) is 34.7 Å². The molecular weight excluding hydrogens is 590 g/mol. The maximum Gasteiger partial charge on any atom is 0.322 e. The van der Waals surface area contributed by atoms with Crippen LogP contribution < -0.4 is 21.1 Å². The molecule has 3 aromatic heterocycles. The molecule has 47 heavy (non-hydrogen) atoms. The van der Waals surface area contributed by atoms with E-state index >= 15 is 0 Å². The van der Waals surface area contributed by atoms with E-state index in [2.05, 4.69) is 37.7 Å². The zero-order valence-corrected chi connectivity index (χ0v) is 25.9. The van der Waals surface area contributed by atoms with Crippen molar-refractivity contribution < 1.29 is 4.79 Å². The molecule has 3 N–H and O–H groups in total. The first-order chi connectivity index (χ1) is 22.9. The van der Waals surface area contributed by atoms with Gasteiger partial charge in [-0.05, 0) is 72.7 Å². The lowest BCUT2D eigenvalue weighted by atomic mass is 9.90. The molecule has 0 bridgehead atoms. The lowest BCUT2D eigenvalue weighted by Crippen LogP contribution is -2.48. The van der Waals surface area contributed by atoms with E-state index in [-0.39, 0.29) is 23.7 Å². The van der Waals surface area contributed by atoms with Gasteiger partial charge in [0.2, 0.25) is 11.5 Å². The highest BCUT2D eigenvalue weighted by molar-refractivity contribution is 5.93. The number of urea groups is 1. The molecule has 5 aromatic rings. The average Bonchev–Trinajstić information content (AvgIpc) is 3.60. The molecule has 11 nitrogen and oxygen atoms in total. The summed E-state index contributed by atoms with van der Waals surface area (Å²) in [6, 6.07) is 28.5. The summed E-state index contributed by atoms with van der Waals surface area (Å²) >= 11 is 0. The number of nitrogens with zero attached hydrogens (tertiary/aromatic N) is 6. The summed E-state index contributed by atoms with van der Waals surface area (Å²) in [6.45, 7) is 0.415. The zero-order chi connectivity index (χ0) is 32.8. The van der Waals surface area contributed by atoms with Crippen LogP contribution in [-0.2, 0) is 13.6 Å². The minimum Gasteiger partial charge on any atom is -0.351 e. The second-order valence-electron chi connectivity index (χ2n) is 11.5. The molecule has 2 aromatic carbocycles. The van der Waals surface area contributed by atoms with Crippen LogP contribution in [0.5, 0.6) is 0 Å². The number of anilines is 2. The van der Waals surface area contributed by atoms with Crippen LogP contribution in [0, 0.1) is 22.7 Å². The molecular formula is C36H33N9O2. The highest BCUT2D eigenvalue weighted by Gasteiger charge is 2.30. The Kier molecular flexibility index (Phi) is 9.07. The summed E-state index contributed by atoms with van der Waals surface area (Å²) < 4.78 is 1.55. The van der Waals surface area contributed by atoms with Crippen molar-refractivity contribution in [3.05, 3.63) is 118 Å². The van der Waals surface area contributed by atoms with E-state index in [1.165, 1.54) is 6.20 Å². The number of aryl methyl sites for hydroxylation is 1. The van der Waals surface area contributed by atoms with Gasteiger partial charge >= 0.3 is 6.03 Å². The molecule has 1 aliphatic carbocycles. The lowest BCUT2D eigenvalue weighted by Gasteiger charge is -2.37. The number of hydrogen-bond donors (Lipinski definition) is 3. The molecule has 0 atom stereocenters. The van der Waals surface area contributed by atoms with E-state index in [4.69, 9.17) is 0 Å². The van der Waals surface area contributed by atoms with Crippen LogP contribution in [0.25, 0.3) is 22.5 Å². The Morgan fingerprint density at radius 1 is 0.957 bits per heavy atom. The number of carbonyl (C=O) groups excluding carboxylic acids is 1. The summed E-state index contributed by atoms with van der Waals surface area (Å²) in [5.41, 5.74) is 5.31. The second-order valence-corrected chi connectivity index (χ2v) is 11.5. The maximum atomic E-state index is 13.8. The Bertz CT molecular complexity index is 2010. The lowest BCUT2D eigenvalue weighted by molar-refractivity contribution is 0.240. The number of carbonyl (C=O) groups is 1. The Hall–Kier alpha value is -6.20. The number of aromatic amines is 1. The normalized spacial score (nSPS) is 15.6. The fraction of sp³-hybridized carbons (Fsp3) is 0.222. The summed E-state index contributed by atoms with van der Waals surface area (Å²) in [5.74, 6) is 0.405. The van der Waals surface area contributed by atoms with Gasteiger partial charge in [-0.25, -0.2) is 14.8 Å². The van der Waals surface area contributed by atoms with Gasteiger partial charge < -0.3 is 20.2 Å². The maximum absolute atomic E-state index is 13.8. The Morgan fingerprint density at radius 2 is 1.70 bits per heavy atom.